The van der Waals surface area contributed by atoms with Crippen molar-refractivity contribution in [2.45, 2.75) is 0 Å². The molecular formula is C12H7Br4N. The molecule has 0 bridgehead atoms. The van der Waals surface area contributed by atoms with Crippen LogP contribution in [0, 0.1) is 0 Å². The minimum Gasteiger partial charge on any atom is -0.354 e. The predicted molar refractivity (Wildman–Crippen MR) is 87.0 cm³/mol. The fraction of sp³-hybridized carbons (Fsp3) is 0. The zero-order chi connectivity index (χ0) is 12.4. The highest BCUT2D eigenvalue weighted by molar-refractivity contribution is 9.13. The van der Waals surface area contributed by atoms with Crippen LogP contribution in [0.3, 0.4) is 0 Å². The number of benzene rings is 2. The average Bonchev–Trinajstić information content (AvgIpc) is 2.31. The van der Waals surface area contributed by atoms with Crippen molar-refractivity contribution < 1.29 is 0 Å². The molecule has 0 heterocycles. The zero-order valence-corrected chi connectivity index (χ0v) is 14.8. The number of nitrogens with one attached hydrogen (secondary N) is 1. The second kappa shape index (κ2) is 5.87. The summed E-state index contributed by atoms with van der Waals surface area (Å²) in [6, 6.07) is 12.0. The van der Waals surface area contributed by atoms with E-state index in [1.165, 1.54) is 0 Å². The third kappa shape index (κ3) is 3.13. The second-order valence-corrected chi connectivity index (χ2v) is 6.62. The highest BCUT2D eigenvalue weighted by atomic mass is 79.9. The molecule has 0 aliphatic carbocycles. The van der Waals surface area contributed by atoms with E-state index in [0.29, 0.717) is 0 Å². The summed E-state index contributed by atoms with van der Waals surface area (Å²) >= 11 is 14.1. The Morgan fingerprint density at radius 3 is 1.47 bits per heavy atom. The lowest BCUT2D eigenvalue weighted by Gasteiger charge is -2.12. The molecule has 1 nitrogen and oxygen atoms in total. The van der Waals surface area contributed by atoms with Crippen molar-refractivity contribution in [1.29, 1.82) is 0 Å². The third-order valence-corrected chi connectivity index (χ3v) is 6.27. The van der Waals surface area contributed by atoms with Gasteiger partial charge in [0.05, 0.1) is 20.3 Å². The SMILES string of the molecule is Brc1cccc(Nc2cccc(Br)c2Br)c1Br. The Kier molecular flexibility index (Phi) is 4.69. The summed E-state index contributed by atoms with van der Waals surface area (Å²) in [4.78, 5) is 0. The van der Waals surface area contributed by atoms with Gasteiger partial charge in [-0.05, 0) is 88.0 Å². The van der Waals surface area contributed by atoms with E-state index in [1.54, 1.807) is 0 Å². The van der Waals surface area contributed by atoms with Gasteiger partial charge in [0.2, 0.25) is 0 Å². The Labute approximate surface area is 134 Å². The summed E-state index contributed by atoms with van der Waals surface area (Å²) in [5.74, 6) is 0. The van der Waals surface area contributed by atoms with Crippen LogP contribution in [0.4, 0.5) is 11.4 Å². The molecule has 5 heteroatoms. The van der Waals surface area contributed by atoms with Crippen molar-refractivity contribution >= 4 is 75.1 Å². The van der Waals surface area contributed by atoms with Gasteiger partial charge in [-0.2, -0.15) is 0 Å². The van der Waals surface area contributed by atoms with E-state index in [-0.39, 0.29) is 0 Å². The number of hydrogen-bond acceptors (Lipinski definition) is 1. The van der Waals surface area contributed by atoms with Gasteiger partial charge in [-0.25, -0.2) is 0 Å². The van der Waals surface area contributed by atoms with Crippen molar-refractivity contribution in [3.8, 4) is 0 Å². The summed E-state index contributed by atoms with van der Waals surface area (Å²) in [6.45, 7) is 0. The van der Waals surface area contributed by atoms with Gasteiger partial charge in [-0.3, -0.25) is 0 Å². The Morgan fingerprint density at radius 2 is 1.06 bits per heavy atom. The quantitative estimate of drug-likeness (QED) is 0.514. The monoisotopic (exact) mass is 481 g/mol. The first kappa shape index (κ1) is 13.6. The molecule has 0 amide bonds. The normalized spacial score (nSPS) is 10.4. The zero-order valence-electron chi connectivity index (χ0n) is 8.48. The minimum absolute atomic E-state index is 1.01. The maximum absolute atomic E-state index is 3.54. The van der Waals surface area contributed by atoms with Crippen LogP contribution in [-0.4, -0.2) is 0 Å². The second-order valence-electron chi connectivity index (χ2n) is 3.33. The van der Waals surface area contributed by atoms with Crippen LogP contribution in [0.5, 0.6) is 0 Å². The highest BCUT2D eigenvalue weighted by Crippen LogP contribution is 2.36. The van der Waals surface area contributed by atoms with Gasteiger partial charge in [-0.15, -0.1) is 0 Å². The topological polar surface area (TPSA) is 12.0 Å². The molecule has 88 valence electrons. The van der Waals surface area contributed by atoms with Crippen LogP contribution in [0.25, 0.3) is 0 Å². The van der Waals surface area contributed by atoms with Crippen LogP contribution < -0.4 is 5.32 Å². The van der Waals surface area contributed by atoms with Crippen molar-refractivity contribution in [3.05, 3.63) is 54.3 Å². The maximum Gasteiger partial charge on any atom is 0.0552 e. The molecule has 2 aromatic carbocycles. The van der Waals surface area contributed by atoms with E-state index < -0.39 is 0 Å². The van der Waals surface area contributed by atoms with Gasteiger partial charge in [0.15, 0.2) is 0 Å². The van der Waals surface area contributed by atoms with Gasteiger partial charge < -0.3 is 5.32 Å². The van der Waals surface area contributed by atoms with Gasteiger partial charge in [-0.1, -0.05) is 12.1 Å². The van der Waals surface area contributed by atoms with E-state index >= 15 is 0 Å². The molecule has 0 aliphatic rings. The standard InChI is InChI=1S/C12H7Br4N/c13-7-3-1-5-9(11(7)15)17-10-6-2-4-8(14)12(10)16/h1-6,17H. The summed E-state index contributed by atoms with van der Waals surface area (Å²) in [5, 5.41) is 3.37. The molecule has 0 aliphatic heterocycles. The first-order chi connectivity index (χ1) is 8.09. The molecule has 1 N–H and O–H groups in total. The molecule has 0 fully saturated rings. The highest BCUT2D eigenvalue weighted by Gasteiger charge is 2.07. The van der Waals surface area contributed by atoms with Gasteiger partial charge in [0, 0.05) is 8.95 Å². The number of halogens is 4. The largest absolute Gasteiger partial charge is 0.354 e. The van der Waals surface area contributed by atoms with Gasteiger partial charge in [0.1, 0.15) is 0 Å². The lowest BCUT2D eigenvalue weighted by atomic mass is 10.3. The molecule has 0 atom stereocenters. The van der Waals surface area contributed by atoms with E-state index in [1.807, 2.05) is 36.4 Å². The first-order valence-electron chi connectivity index (χ1n) is 4.74. The smallest absolute Gasteiger partial charge is 0.0552 e. The van der Waals surface area contributed by atoms with Crippen LogP contribution in [-0.2, 0) is 0 Å². The summed E-state index contributed by atoms with van der Waals surface area (Å²) in [5.41, 5.74) is 2.02. The van der Waals surface area contributed by atoms with Crippen LogP contribution >= 0.6 is 63.7 Å². The van der Waals surface area contributed by atoms with Gasteiger partial charge in [0.25, 0.3) is 0 Å². The number of rotatable bonds is 2. The molecule has 0 radical (unpaired) electrons. The molecule has 2 aromatic rings. The van der Waals surface area contributed by atoms with Crippen molar-refractivity contribution in [2.75, 3.05) is 5.32 Å². The van der Waals surface area contributed by atoms with E-state index in [4.69, 9.17) is 0 Å². The maximum atomic E-state index is 3.54. The number of anilines is 2. The summed E-state index contributed by atoms with van der Waals surface area (Å²) in [6.07, 6.45) is 0. The van der Waals surface area contributed by atoms with E-state index in [0.717, 1.165) is 29.3 Å². The predicted octanol–water partition coefficient (Wildman–Crippen LogP) is 6.48. The summed E-state index contributed by atoms with van der Waals surface area (Å²) < 4.78 is 4.06. The molecule has 17 heavy (non-hydrogen) atoms. The molecule has 0 aromatic heterocycles. The molecular weight excluding hydrogens is 478 g/mol. The Morgan fingerprint density at radius 1 is 0.647 bits per heavy atom. The third-order valence-electron chi connectivity index (χ3n) is 2.17. The Hall–Kier alpha value is 0.160. The van der Waals surface area contributed by atoms with Gasteiger partial charge >= 0.3 is 0 Å². The lowest BCUT2D eigenvalue weighted by molar-refractivity contribution is 1.47. The first-order valence-corrected chi connectivity index (χ1v) is 7.92. The van der Waals surface area contributed by atoms with Crippen molar-refractivity contribution in [3.63, 3.8) is 0 Å². The molecule has 0 spiro atoms. The number of hydrogen-bond donors (Lipinski definition) is 1. The van der Waals surface area contributed by atoms with Crippen molar-refractivity contribution in [2.24, 2.45) is 0 Å². The Bertz CT molecular complexity index is 505. The fourth-order valence-corrected chi connectivity index (χ4v) is 2.81. The van der Waals surface area contributed by atoms with E-state index in [2.05, 4.69) is 69.0 Å². The minimum atomic E-state index is 1.01. The average molecular weight is 485 g/mol. The lowest BCUT2D eigenvalue weighted by Crippen LogP contribution is -1.93. The fourth-order valence-electron chi connectivity index (χ4n) is 1.35. The molecule has 0 saturated heterocycles. The van der Waals surface area contributed by atoms with Crippen LogP contribution in [0.1, 0.15) is 0 Å². The summed E-state index contributed by atoms with van der Waals surface area (Å²) in [7, 11) is 0. The molecule has 0 saturated carbocycles. The Balaban J connectivity index is 2.38. The van der Waals surface area contributed by atoms with Crippen LogP contribution in [0.2, 0.25) is 0 Å². The van der Waals surface area contributed by atoms with Crippen molar-refractivity contribution in [1.82, 2.24) is 0 Å². The molecule has 0 unspecified atom stereocenters. The van der Waals surface area contributed by atoms with Crippen LogP contribution in [0.15, 0.2) is 54.3 Å². The van der Waals surface area contributed by atoms with E-state index in [9.17, 15) is 0 Å². The molecule has 2 rings (SSSR count).